The van der Waals surface area contributed by atoms with Gasteiger partial charge in [0.2, 0.25) is 11.8 Å². The first kappa shape index (κ1) is 31.9. The van der Waals surface area contributed by atoms with Crippen LogP contribution >= 0.6 is 0 Å². The summed E-state index contributed by atoms with van der Waals surface area (Å²) in [5.74, 6) is -0.0774. The SMILES string of the molecule is CC/C(=C\c1ccc(CO)o1)CC[C@H]1OB(O)C[C@H]2C1=C(COC)C[C@H]1C(=O)N(C3CCN(Cc4ccccc4)CC3)C(=O)[C@H]12. The summed E-state index contributed by atoms with van der Waals surface area (Å²) < 4.78 is 17.4. The van der Waals surface area contributed by atoms with E-state index in [-0.39, 0.29) is 36.5 Å². The standard InChI is InChI=1S/C35H45BN2O7/c1-3-23(17-27-10-11-28(21-39)44-27)9-12-31-32-25(22-43-2)18-29-33(30(32)19-36(42)45-31)35(41)38(34(29)40)26-13-15-37(16-14-26)20-24-7-5-4-6-8-24/h4-8,10-11,17,26,29-31,33,39,42H,3,9,12-16,18-22H2,1-2H3/b23-17+/t29-,30+,31-,33-/m1/s1. The number of fused-ring (bicyclic) bond motifs is 3. The van der Waals surface area contributed by atoms with Gasteiger partial charge in [-0.15, -0.1) is 0 Å². The fraction of sp³-hybridized carbons (Fsp3) is 0.543. The van der Waals surface area contributed by atoms with Crippen LogP contribution in [0.2, 0.25) is 6.32 Å². The van der Waals surface area contributed by atoms with Crippen molar-refractivity contribution in [3.05, 3.63) is 76.3 Å². The van der Waals surface area contributed by atoms with E-state index < -0.39 is 19.0 Å². The molecule has 240 valence electrons. The van der Waals surface area contributed by atoms with Crippen molar-refractivity contribution in [1.82, 2.24) is 9.80 Å². The highest BCUT2D eigenvalue weighted by Gasteiger charge is 2.58. The number of furan rings is 1. The molecule has 0 bridgehead atoms. The van der Waals surface area contributed by atoms with E-state index >= 15 is 0 Å². The van der Waals surface area contributed by atoms with Gasteiger partial charge in [0, 0.05) is 32.8 Å². The van der Waals surface area contributed by atoms with Crippen LogP contribution in [0.15, 0.2) is 63.6 Å². The van der Waals surface area contributed by atoms with Gasteiger partial charge in [0.05, 0.1) is 24.5 Å². The topological polar surface area (TPSA) is 113 Å². The lowest BCUT2D eigenvalue weighted by Crippen LogP contribution is -2.48. The summed E-state index contributed by atoms with van der Waals surface area (Å²) in [7, 11) is 0.650. The molecule has 4 aliphatic rings. The van der Waals surface area contributed by atoms with Crippen LogP contribution in [0, 0.1) is 17.8 Å². The maximum absolute atomic E-state index is 14.2. The lowest BCUT2D eigenvalue weighted by Gasteiger charge is -2.43. The number of rotatable bonds is 11. The quantitative estimate of drug-likeness (QED) is 0.216. The highest BCUT2D eigenvalue weighted by Crippen LogP contribution is 2.51. The zero-order chi connectivity index (χ0) is 31.5. The van der Waals surface area contributed by atoms with Gasteiger partial charge in [-0.05, 0) is 85.7 Å². The molecular formula is C35H45BN2O7. The Balaban J connectivity index is 1.18. The van der Waals surface area contributed by atoms with E-state index in [0.717, 1.165) is 55.6 Å². The van der Waals surface area contributed by atoms with E-state index in [4.69, 9.17) is 13.8 Å². The second kappa shape index (κ2) is 14.2. The monoisotopic (exact) mass is 616 g/mol. The Kier molecular flexibility index (Phi) is 10.1. The molecule has 4 heterocycles. The van der Waals surface area contributed by atoms with Crippen LogP contribution in [0.1, 0.15) is 62.5 Å². The second-order valence-electron chi connectivity index (χ2n) is 12.9. The maximum atomic E-state index is 14.2. The van der Waals surface area contributed by atoms with Gasteiger partial charge >= 0.3 is 7.12 Å². The molecule has 3 saturated heterocycles. The summed E-state index contributed by atoms with van der Waals surface area (Å²) in [6.07, 6.45) is 6.12. The van der Waals surface area contributed by atoms with Crippen LogP contribution in [0.25, 0.3) is 6.08 Å². The number of hydrogen-bond donors (Lipinski definition) is 2. The Morgan fingerprint density at radius 2 is 1.87 bits per heavy atom. The van der Waals surface area contributed by atoms with Gasteiger partial charge in [0.15, 0.2) is 0 Å². The van der Waals surface area contributed by atoms with Crippen LogP contribution in [0.4, 0.5) is 0 Å². The van der Waals surface area contributed by atoms with E-state index in [1.807, 2.05) is 18.2 Å². The lowest BCUT2D eigenvalue weighted by atomic mass is 9.58. The molecule has 45 heavy (non-hydrogen) atoms. The Hall–Kier alpha value is -3.02. The summed E-state index contributed by atoms with van der Waals surface area (Å²) in [4.78, 5) is 32.1. The van der Waals surface area contributed by atoms with Crippen molar-refractivity contribution in [3.8, 4) is 0 Å². The number of methoxy groups -OCH3 is 1. The minimum Gasteiger partial charge on any atom is -0.459 e. The minimum atomic E-state index is -1.00. The molecule has 0 saturated carbocycles. The van der Waals surface area contributed by atoms with Gasteiger partial charge < -0.3 is 23.9 Å². The smallest absolute Gasteiger partial charge is 0.455 e. The predicted octanol–water partition coefficient (Wildman–Crippen LogP) is 4.45. The van der Waals surface area contributed by atoms with Crippen molar-refractivity contribution in [2.45, 2.75) is 77.1 Å². The third kappa shape index (κ3) is 6.76. The third-order valence-corrected chi connectivity index (χ3v) is 10.2. The molecule has 2 aromatic rings. The molecule has 0 unspecified atom stereocenters. The highest BCUT2D eigenvalue weighted by molar-refractivity contribution is 6.43. The van der Waals surface area contributed by atoms with Crippen molar-refractivity contribution < 1.29 is 33.5 Å². The van der Waals surface area contributed by atoms with Gasteiger partial charge in [-0.3, -0.25) is 19.4 Å². The van der Waals surface area contributed by atoms with Crippen LogP contribution in [0.3, 0.4) is 0 Å². The molecule has 9 nitrogen and oxygen atoms in total. The number of amides is 2. The van der Waals surface area contributed by atoms with Crippen LogP contribution in [-0.2, 0) is 32.1 Å². The van der Waals surface area contributed by atoms with E-state index in [1.54, 1.807) is 18.1 Å². The van der Waals surface area contributed by atoms with E-state index in [1.165, 1.54) is 5.56 Å². The van der Waals surface area contributed by atoms with Gasteiger partial charge in [-0.2, -0.15) is 0 Å². The van der Waals surface area contributed by atoms with E-state index in [9.17, 15) is 19.7 Å². The van der Waals surface area contributed by atoms with Gasteiger partial charge in [-0.1, -0.05) is 42.8 Å². The van der Waals surface area contributed by atoms with Crippen molar-refractivity contribution in [2.24, 2.45) is 17.8 Å². The molecular weight excluding hydrogens is 571 g/mol. The second-order valence-corrected chi connectivity index (χ2v) is 12.9. The van der Waals surface area contributed by atoms with Crippen LogP contribution in [-0.4, -0.2) is 77.8 Å². The molecule has 4 atom stereocenters. The number of aliphatic hydroxyl groups excluding tert-OH is 1. The van der Waals surface area contributed by atoms with Crippen LogP contribution < -0.4 is 0 Å². The average molecular weight is 617 g/mol. The lowest BCUT2D eigenvalue weighted by molar-refractivity contribution is -0.144. The van der Waals surface area contributed by atoms with E-state index in [2.05, 4.69) is 36.1 Å². The molecule has 3 fully saturated rings. The number of carbonyl (C=O) groups excluding carboxylic acids is 2. The number of carbonyl (C=O) groups is 2. The van der Waals surface area contributed by atoms with Gasteiger partial charge in [0.1, 0.15) is 18.1 Å². The fourth-order valence-corrected chi connectivity index (χ4v) is 8.06. The third-order valence-electron chi connectivity index (χ3n) is 10.2. The van der Waals surface area contributed by atoms with Crippen molar-refractivity contribution in [3.63, 3.8) is 0 Å². The van der Waals surface area contributed by atoms with E-state index in [0.29, 0.717) is 43.7 Å². The summed E-state index contributed by atoms with van der Waals surface area (Å²) in [6.45, 7) is 4.87. The predicted molar refractivity (Wildman–Crippen MR) is 170 cm³/mol. The first-order valence-corrected chi connectivity index (χ1v) is 16.5. The van der Waals surface area contributed by atoms with Crippen molar-refractivity contribution in [2.75, 3.05) is 26.8 Å². The summed E-state index contributed by atoms with van der Waals surface area (Å²) in [5, 5.41) is 20.3. The Bertz CT molecular complexity index is 1410. The number of benzene rings is 1. The number of imide groups is 1. The number of aliphatic hydroxyl groups is 1. The zero-order valence-corrected chi connectivity index (χ0v) is 26.4. The first-order chi connectivity index (χ1) is 21.9. The Labute approximate surface area is 266 Å². The number of ether oxygens (including phenoxy) is 1. The Morgan fingerprint density at radius 3 is 2.56 bits per heavy atom. The number of nitrogens with zero attached hydrogens (tertiary/aromatic N) is 2. The normalized spacial score (nSPS) is 26.5. The molecule has 1 aromatic heterocycles. The Morgan fingerprint density at radius 1 is 1.09 bits per heavy atom. The van der Waals surface area contributed by atoms with Gasteiger partial charge in [-0.25, -0.2) is 0 Å². The summed E-state index contributed by atoms with van der Waals surface area (Å²) in [5.41, 5.74) is 4.50. The minimum absolute atomic E-state index is 0.0615. The number of hydrogen-bond acceptors (Lipinski definition) is 8. The first-order valence-electron chi connectivity index (χ1n) is 16.5. The molecule has 2 amide bonds. The molecule has 6 rings (SSSR count). The maximum Gasteiger partial charge on any atom is 0.455 e. The van der Waals surface area contributed by atoms with Crippen molar-refractivity contribution in [1.29, 1.82) is 0 Å². The largest absolute Gasteiger partial charge is 0.459 e. The highest BCUT2D eigenvalue weighted by atomic mass is 16.5. The average Bonchev–Trinajstić information content (AvgIpc) is 3.61. The number of allylic oxidation sites excluding steroid dienone is 1. The zero-order valence-electron chi connectivity index (χ0n) is 26.4. The van der Waals surface area contributed by atoms with Gasteiger partial charge in [0.25, 0.3) is 0 Å². The fourth-order valence-electron chi connectivity index (χ4n) is 8.06. The summed E-state index contributed by atoms with van der Waals surface area (Å²) in [6, 6.07) is 13.9. The number of piperidine rings is 1. The number of likely N-dealkylation sites (tertiary alicyclic amines) is 2. The molecule has 2 N–H and O–H groups in total. The molecule has 0 radical (unpaired) electrons. The molecule has 3 aliphatic heterocycles. The summed E-state index contributed by atoms with van der Waals surface area (Å²) >= 11 is 0. The molecule has 10 heteroatoms. The van der Waals surface area contributed by atoms with Crippen molar-refractivity contribution >= 4 is 25.0 Å². The van der Waals surface area contributed by atoms with Crippen LogP contribution in [0.5, 0.6) is 0 Å². The molecule has 1 aliphatic carbocycles. The molecule has 1 aromatic carbocycles. The molecule has 0 spiro atoms.